The topological polar surface area (TPSA) is 73.6 Å². The van der Waals surface area contributed by atoms with E-state index in [4.69, 9.17) is 15.2 Å². The van der Waals surface area contributed by atoms with Crippen molar-refractivity contribution in [2.24, 2.45) is 5.73 Å². The average Bonchev–Trinajstić information content (AvgIpc) is 2.75. The van der Waals surface area contributed by atoms with Gasteiger partial charge in [0.1, 0.15) is 0 Å². The maximum absolute atomic E-state index is 11.5. The minimum Gasteiger partial charge on any atom is -0.454 e. The summed E-state index contributed by atoms with van der Waals surface area (Å²) in [7, 11) is 0. The highest BCUT2D eigenvalue weighted by atomic mass is 16.7. The molecule has 0 spiro atoms. The Balaban J connectivity index is 1.88. The van der Waals surface area contributed by atoms with Crippen molar-refractivity contribution >= 4 is 5.91 Å². The predicted molar refractivity (Wildman–Crippen MR) is 72.3 cm³/mol. The van der Waals surface area contributed by atoms with E-state index in [2.05, 4.69) is 5.32 Å². The first kappa shape index (κ1) is 13.7. The number of nitrogens with one attached hydrogen (secondary N) is 1. The lowest BCUT2D eigenvalue weighted by Crippen LogP contribution is -2.31. The SMILES string of the molecule is Cc1cc2c(cc1CCNC(=O)CC(C)N)OCO2. The number of rotatable bonds is 5. The molecule has 1 unspecified atom stereocenters. The summed E-state index contributed by atoms with van der Waals surface area (Å²) < 4.78 is 10.7. The van der Waals surface area contributed by atoms with Crippen LogP contribution in [0.1, 0.15) is 24.5 Å². The number of hydrogen-bond donors (Lipinski definition) is 2. The van der Waals surface area contributed by atoms with Crippen LogP contribution in [-0.4, -0.2) is 25.3 Å². The van der Waals surface area contributed by atoms with E-state index in [1.54, 1.807) is 0 Å². The molecule has 3 N–H and O–H groups in total. The van der Waals surface area contributed by atoms with E-state index in [1.807, 2.05) is 26.0 Å². The van der Waals surface area contributed by atoms with E-state index in [9.17, 15) is 4.79 Å². The van der Waals surface area contributed by atoms with Crippen LogP contribution in [0.15, 0.2) is 12.1 Å². The number of carbonyl (C=O) groups excluding carboxylic acids is 1. The molecule has 0 radical (unpaired) electrons. The molecule has 5 nitrogen and oxygen atoms in total. The van der Waals surface area contributed by atoms with Gasteiger partial charge in [-0.05, 0) is 43.5 Å². The van der Waals surface area contributed by atoms with E-state index >= 15 is 0 Å². The van der Waals surface area contributed by atoms with Crippen LogP contribution >= 0.6 is 0 Å². The van der Waals surface area contributed by atoms with Crippen molar-refractivity contribution in [2.75, 3.05) is 13.3 Å². The molecule has 1 heterocycles. The molecule has 0 aliphatic carbocycles. The molecule has 0 saturated carbocycles. The van der Waals surface area contributed by atoms with Gasteiger partial charge in [-0.2, -0.15) is 0 Å². The molecule has 1 aromatic carbocycles. The fourth-order valence-electron chi connectivity index (χ4n) is 2.06. The van der Waals surface area contributed by atoms with Gasteiger partial charge in [0.25, 0.3) is 0 Å². The van der Waals surface area contributed by atoms with Gasteiger partial charge in [-0.3, -0.25) is 4.79 Å². The van der Waals surface area contributed by atoms with Crippen LogP contribution in [0.2, 0.25) is 0 Å². The van der Waals surface area contributed by atoms with Gasteiger partial charge in [0, 0.05) is 19.0 Å². The van der Waals surface area contributed by atoms with E-state index < -0.39 is 0 Å². The summed E-state index contributed by atoms with van der Waals surface area (Å²) in [5, 5.41) is 2.87. The summed E-state index contributed by atoms with van der Waals surface area (Å²) in [5.74, 6) is 1.57. The molecule has 1 aliphatic rings. The Morgan fingerprint density at radius 1 is 1.42 bits per heavy atom. The van der Waals surface area contributed by atoms with E-state index in [-0.39, 0.29) is 18.7 Å². The molecular formula is C14H20N2O3. The Morgan fingerprint density at radius 3 is 2.79 bits per heavy atom. The molecule has 0 aromatic heterocycles. The summed E-state index contributed by atoms with van der Waals surface area (Å²) in [5.41, 5.74) is 7.87. The van der Waals surface area contributed by atoms with Gasteiger partial charge in [0.2, 0.25) is 12.7 Å². The third kappa shape index (κ3) is 3.61. The molecule has 0 fully saturated rings. The number of hydrogen-bond acceptors (Lipinski definition) is 4. The highest BCUT2D eigenvalue weighted by molar-refractivity contribution is 5.76. The second-order valence-corrected chi connectivity index (χ2v) is 4.91. The zero-order valence-corrected chi connectivity index (χ0v) is 11.4. The van der Waals surface area contributed by atoms with Gasteiger partial charge >= 0.3 is 0 Å². The minimum absolute atomic E-state index is 0.00611. The first-order valence-electron chi connectivity index (χ1n) is 6.47. The molecule has 104 valence electrons. The van der Waals surface area contributed by atoms with Crippen LogP contribution in [0.5, 0.6) is 11.5 Å². The van der Waals surface area contributed by atoms with Crippen LogP contribution in [-0.2, 0) is 11.2 Å². The van der Waals surface area contributed by atoms with Gasteiger partial charge in [0.05, 0.1) is 0 Å². The number of amides is 1. The van der Waals surface area contributed by atoms with Crippen molar-refractivity contribution < 1.29 is 14.3 Å². The van der Waals surface area contributed by atoms with Crippen LogP contribution in [0, 0.1) is 6.92 Å². The van der Waals surface area contributed by atoms with Gasteiger partial charge in [-0.1, -0.05) is 0 Å². The Hall–Kier alpha value is -1.75. The summed E-state index contributed by atoms with van der Waals surface area (Å²) in [6.45, 7) is 4.73. The van der Waals surface area contributed by atoms with Gasteiger partial charge in [0.15, 0.2) is 11.5 Å². The number of aryl methyl sites for hydroxylation is 1. The monoisotopic (exact) mass is 264 g/mol. The molecular weight excluding hydrogens is 244 g/mol. The minimum atomic E-state index is -0.104. The summed E-state index contributed by atoms with van der Waals surface area (Å²) in [4.78, 5) is 11.5. The number of nitrogens with two attached hydrogens (primary N) is 1. The lowest BCUT2D eigenvalue weighted by molar-refractivity contribution is -0.121. The summed E-state index contributed by atoms with van der Waals surface area (Å²) >= 11 is 0. The fraction of sp³-hybridized carbons (Fsp3) is 0.500. The van der Waals surface area contributed by atoms with Crippen molar-refractivity contribution in [1.29, 1.82) is 0 Å². The quantitative estimate of drug-likeness (QED) is 0.836. The predicted octanol–water partition coefficient (Wildman–Crippen LogP) is 1.12. The molecule has 0 saturated heterocycles. The second kappa shape index (κ2) is 5.93. The maximum Gasteiger partial charge on any atom is 0.231 e. The van der Waals surface area contributed by atoms with Crippen molar-refractivity contribution in [1.82, 2.24) is 5.32 Å². The zero-order chi connectivity index (χ0) is 13.8. The van der Waals surface area contributed by atoms with Crippen molar-refractivity contribution in [3.8, 4) is 11.5 Å². The molecule has 1 aromatic rings. The molecule has 1 atom stereocenters. The third-order valence-electron chi connectivity index (χ3n) is 3.06. The zero-order valence-electron chi connectivity index (χ0n) is 11.4. The Bertz CT molecular complexity index is 472. The molecule has 5 heteroatoms. The molecule has 0 bridgehead atoms. The Kier molecular flexibility index (Phi) is 4.27. The van der Waals surface area contributed by atoms with E-state index in [1.165, 1.54) is 0 Å². The first-order valence-corrected chi connectivity index (χ1v) is 6.47. The molecule has 19 heavy (non-hydrogen) atoms. The highest BCUT2D eigenvalue weighted by Crippen LogP contribution is 2.34. The standard InChI is InChI=1S/C14H20N2O3/c1-9-5-12-13(19-8-18-12)7-11(9)3-4-16-14(17)6-10(2)15/h5,7,10H,3-4,6,8,15H2,1-2H3,(H,16,17). The van der Waals surface area contributed by atoms with Crippen molar-refractivity contribution in [3.05, 3.63) is 23.3 Å². The van der Waals surface area contributed by atoms with E-state index in [0.717, 1.165) is 29.0 Å². The van der Waals surface area contributed by atoms with Gasteiger partial charge in [-0.15, -0.1) is 0 Å². The smallest absolute Gasteiger partial charge is 0.231 e. The van der Waals surface area contributed by atoms with Crippen molar-refractivity contribution in [2.45, 2.75) is 32.7 Å². The third-order valence-corrected chi connectivity index (χ3v) is 3.06. The van der Waals surface area contributed by atoms with Gasteiger partial charge < -0.3 is 20.5 Å². The summed E-state index contributed by atoms with van der Waals surface area (Å²) in [6, 6.07) is 3.85. The highest BCUT2D eigenvalue weighted by Gasteiger charge is 2.15. The largest absolute Gasteiger partial charge is 0.454 e. The van der Waals surface area contributed by atoms with Crippen LogP contribution in [0.4, 0.5) is 0 Å². The number of carbonyl (C=O) groups is 1. The lowest BCUT2D eigenvalue weighted by Gasteiger charge is -2.10. The Morgan fingerprint density at radius 2 is 2.11 bits per heavy atom. The number of fused-ring (bicyclic) bond motifs is 1. The Labute approximate surface area is 113 Å². The summed E-state index contributed by atoms with van der Waals surface area (Å²) in [6.07, 6.45) is 1.13. The molecule has 1 amide bonds. The van der Waals surface area contributed by atoms with Crippen molar-refractivity contribution in [3.63, 3.8) is 0 Å². The first-order chi connectivity index (χ1) is 9.06. The normalized spacial score (nSPS) is 14.3. The van der Waals surface area contributed by atoms with Crippen LogP contribution < -0.4 is 20.5 Å². The van der Waals surface area contributed by atoms with Crippen LogP contribution in [0.25, 0.3) is 0 Å². The lowest BCUT2D eigenvalue weighted by atomic mass is 10.0. The van der Waals surface area contributed by atoms with E-state index in [0.29, 0.717) is 13.0 Å². The second-order valence-electron chi connectivity index (χ2n) is 4.91. The molecule has 2 rings (SSSR count). The average molecular weight is 264 g/mol. The molecule has 1 aliphatic heterocycles. The number of ether oxygens (including phenoxy) is 2. The maximum atomic E-state index is 11.5. The van der Waals surface area contributed by atoms with Crippen LogP contribution in [0.3, 0.4) is 0 Å². The van der Waals surface area contributed by atoms with Gasteiger partial charge in [-0.25, -0.2) is 0 Å². The fourth-order valence-corrected chi connectivity index (χ4v) is 2.06. The number of benzene rings is 1.